The molecule has 0 aromatic heterocycles. The highest BCUT2D eigenvalue weighted by atomic mass is 19.4. The number of carbonyl (C=O) groups is 1. The van der Waals surface area contributed by atoms with Crippen LogP contribution >= 0.6 is 0 Å². The standard InChI is InChI=1S/C8H13F3O2/c1-7(2,3)4-5(6(12)13)8(9,10)11/h5H,4H2,1-3H3,(H,12,13). The zero-order valence-corrected chi connectivity index (χ0v) is 7.77. The van der Waals surface area contributed by atoms with Gasteiger partial charge in [-0.15, -0.1) is 0 Å². The van der Waals surface area contributed by atoms with Crippen LogP contribution in [0, 0.1) is 11.3 Å². The fraction of sp³-hybridized carbons (Fsp3) is 0.875. The number of rotatable bonds is 2. The summed E-state index contributed by atoms with van der Waals surface area (Å²) in [4.78, 5) is 10.3. The molecule has 0 aromatic carbocycles. The summed E-state index contributed by atoms with van der Waals surface area (Å²) in [6.45, 7) is 4.73. The van der Waals surface area contributed by atoms with Crippen LogP contribution in [0.2, 0.25) is 0 Å². The van der Waals surface area contributed by atoms with E-state index < -0.39 is 29.9 Å². The monoisotopic (exact) mass is 198 g/mol. The molecule has 1 atom stereocenters. The summed E-state index contributed by atoms with van der Waals surface area (Å²) < 4.78 is 36.4. The molecule has 13 heavy (non-hydrogen) atoms. The second-order valence-corrected chi connectivity index (χ2v) is 4.20. The summed E-state index contributed by atoms with van der Waals surface area (Å²) >= 11 is 0. The van der Waals surface area contributed by atoms with E-state index in [-0.39, 0.29) is 0 Å². The van der Waals surface area contributed by atoms with Crippen LogP contribution in [-0.4, -0.2) is 17.3 Å². The molecule has 78 valence electrons. The van der Waals surface area contributed by atoms with Crippen molar-refractivity contribution in [3.05, 3.63) is 0 Å². The molecule has 1 N–H and O–H groups in total. The predicted molar refractivity (Wildman–Crippen MR) is 41.3 cm³/mol. The number of aliphatic carboxylic acids is 1. The second-order valence-electron chi connectivity index (χ2n) is 4.20. The van der Waals surface area contributed by atoms with Gasteiger partial charge in [-0.2, -0.15) is 13.2 Å². The average molecular weight is 198 g/mol. The van der Waals surface area contributed by atoms with Gasteiger partial charge in [-0.25, -0.2) is 0 Å². The van der Waals surface area contributed by atoms with Crippen LogP contribution in [0.25, 0.3) is 0 Å². The fourth-order valence-corrected chi connectivity index (χ4v) is 0.955. The van der Waals surface area contributed by atoms with Gasteiger partial charge in [0.1, 0.15) is 0 Å². The van der Waals surface area contributed by atoms with E-state index >= 15 is 0 Å². The van der Waals surface area contributed by atoms with Gasteiger partial charge in [-0.1, -0.05) is 20.8 Å². The Kier molecular flexibility index (Phi) is 3.35. The van der Waals surface area contributed by atoms with Crippen molar-refractivity contribution < 1.29 is 23.1 Å². The number of carboxylic acids is 1. The summed E-state index contributed by atoms with van der Waals surface area (Å²) in [5.74, 6) is -4.06. The third-order valence-corrected chi connectivity index (χ3v) is 1.51. The topological polar surface area (TPSA) is 37.3 Å². The van der Waals surface area contributed by atoms with E-state index in [1.807, 2.05) is 0 Å². The average Bonchev–Trinajstić information content (AvgIpc) is 1.77. The number of hydrogen-bond donors (Lipinski definition) is 1. The van der Waals surface area contributed by atoms with Gasteiger partial charge in [0.05, 0.1) is 0 Å². The van der Waals surface area contributed by atoms with E-state index in [9.17, 15) is 18.0 Å². The Bertz CT molecular complexity index is 191. The number of alkyl halides is 3. The van der Waals surface area contributed by atoms with Crippen molar-refractivity contribution >= 4 is 5.97 Å². The smallest absolute Gasteiger partial charge is 0.402 e. The summed E-state index contributed by atoms with van der Waals surface area (Å²) in [7, 11) is 0. The Morgan fingerprint density at radius 1 is 1.31 bits per heavy atom. The van der Waals surface area contributed by atoms with Crippen molar-refractivity contribution in [3.63, 3.8) is 0 Å². The Morgan fingerprint density at radius 2 is 1.69 bits per heavy atom. The van der Waals surface area contributed by atoms with Gasteiger partial charge in [-0.3, -0.25) is 4.79 Å². The molecule has 0 fully saturated rings. The lowest BCUT2D eigenvalue weighted by Gasteiger charge is -2.24. The van der Waals surface area contributed by atoms with E-state index in [2.05, 4.69) is 0 Å². The zero-order valence-electron chi connectivity index (χ0n) is 7.77. The SMILES string of the molecule is CC(C)(C)CC(C(=O)O)C(F)(F)F. The van der Waals surface area contributed by atoms with Gasteiger partial charge in [0.15, 0.2) is 5.92 Å². The Hall–Kier alpha value is -0.740. The lowest BCUT2D eigenvalue weighted by molar-refractivity contribution is -0.198. The number of carboxylic acid groups (broad SMARTS) is 1. The third kappa shape index (κ3) is 4.75. The van der Waals surface area contributed by atoms with Crippen LogP contribution in [-0.2, 0) is 4.79 Å². The largest absolute Gasteiger partial charge is 0.481 e. The van der Waals surface area contributed by atoms with Crippen molar-refractivity contribution in [3.8, 4) is 0 Å². The molecule has 5 heteroatoms. The quantitative estimate of drug-likeness (QED) is 0.740. The molecule has 0 aliphatic rings. The molecule has 0 amide bonds. The van der Waals surface area contributed by atoms with E-state index in [4.69, 9.17) is 5.11 Å². The van der Waals surface area contributed by atoms with Crippen molar-refractivity contribution in [2.45, 2.75) is 33.4 Å². The predicted octanol–water partition coefficient (Wildman–Crippen LogP) is 2.69. The van der Waals surface area contributed by atoms with Crippen molar-refractivity contribution in [1.82, 2.24) is 0 Å². The first kappa shape index (κ1) is 12.3. The highest BCUT2D eigenvalue weighted by molar-refractivity contribution is 5.70. The Balaban J connectivity index is 4.56. The fourth-order valence-electron chi connectivity index (χ4n) is 0.955. The van der Waals surface area contributed by atoms with Gasteiger partial charge < -0.3 is 5.11 Å². The minimum Gasteiger partial charge on any atom is -0.481 e. The van der Waals surface area contributed by atoms with Crippen LogP contribution < -0.4 is 0 Å². The Morgan fingerprint density at radius 3 is 1.77 bits per heavy atom. The Labute approximate surface area is 74.7 Å². The molecular weight excluding hydrogens is 185 g/mol. The molecule has 0 radical (unpaired) electrons. The third-order valence-electron chi connectivity index (χ3n) is 1.51. The van der Waals surface area contributed by atoms with E-state index in [0.717, 1.165) is 0 Å². The lowest BCUT2D eigenvalue weighted by Crippen LogP contribution is -2.33. The summed E-state index contributed by atoms with van der Waals surface area (Å²) in [5.41, 5.74) is -0.640. The molecule has 0 rings (SSSR count). The minimum atomic E-state index is -4.65. The summed E-state index contributed by atoms with van der Waals surface area (Å²) in [6.07, 6.45) is -5.05. The molecule has 0 saturated heterocycles. The molecule has 0 heterocycles. The van der Waals surface area contributed by atoms with Crippen molar-refractivity contribution in [1.29, 1.82) is 0 Å². The van der Waals surface area contributed by atoms with Gasteiger partial charge in [0.2, 0.25) is 0 Å². The zero-order chi connectivity index (χ0) is 10.9. The van der Waals surface area contributed by atoms with E-state index in [1.54, 1.807) is 20.8 Å². The van der Waals surface area contributed by atoms with Crippen LogP contribution in [0.3, 0.4) is 0 Å². The maximum atomic E-state index is 12.1. The normalized spacial score (nSPS) is 15.5. The van der Waals surface area contributed by atoms with E-state index in [1.165, 1.54) is 0 Å². The number of hydrogen-bond acceptors (Lipinski definition) is 1. The van der Waals surface area contributed by atoms with Crippen LogP contribution in [0.1, 0.15) is 27.2 Å². The minimum absolute atomic E-state index is 0.397. The summed E-state index contributed by atoms with van der Waals surface area (Å²) in [5, 5.41) is 8.35. The highest BCUT2D eigenvalue weighted by Crippen LogP contribution is 2.35. The van der Waals surface area contributed by atoms with E-state index in [0.29, 0.717) is 0 Å². The van der Waals surface area contributed by atoms with Crippen LogP contribution in [0.5, 0.6) is 0 Å². The maximum Gasteiger partial charge on any atom is 0.402 e. The molecular formula is C8H13F3O2. The first-order chi connectivity index (χ1) is 5.54. The van der Waals surface area contributed by atoms with Crippen molar-refractivity contribution in [2.24, 2.45) is 11.3 Å². The first-order valence-electron chi connectivity index (χ1n) is 3.83. The molecule has 0 aliphatic carbocycles. The molecule has 0 spiro atoms. The first-order valence-corrected chi connectivity index (χ1v) is 3.83. The molecule has 0 aliphatic heterocycles. The van der Waals surface area contributed by atoms with Crippen LogP contribution in [0.4, 0.5) is 13.2 Å². The van der Waals surface area contributed by atoms with Crippen molar-refractivity contribution in [2.75, 3.05) is 0 Å². The molecule has 2 nitrogen and oxygen atoms in total. The van der Waals surface area contributed by atoms with Gasteiger partial charge in [0, 0.05) is 0 Å². The van der Waals surface area contributed by atoms with Gasteiger partial charge in [-0.05, 0) is 11.8 Å². The molecule has 0 bridgehead atoms. The lowest BCUT2D eigenvalue weighted by atomic mass is 9.84. The van der Waals surface area contributed by atoms with Gasteiger partial charge >= 0.3 is 12.1 Å². The molecule has 0 aromatic rings. The number of halogens is 3. The second kappa shape index (κ2) is 3.55. The molecule has 1 unspecified atom stereocenters. The molecule has 0 saturated carbocycles. The summed E-state index contributed by atoms with van der Waals surface area (Å²) in [6, 6.07) is 0. The maximum absolute atomic E-state index is 12.1. The van der Waals surface area contributed by atoms with Gasteiger partial charge in [0.25, 0.3) is 0 Å². The van der Waals surface area contributed by atoms with Crippen LogP contribution in [0.15, 0.2) is 0 Å². The highest BCUT2D eigenvalue weighted by Gasteiger charge is 2.46.